The number of ether oxygens (including phenoxy) is 1. The van der Waals surface area contributed by atoms with Gasteiger partial charge in [0.25, 0.3) is 0 Å². The lowest BCUT2D eigenvalue weighted by molar-refractivity contribution is -0.143. The quantitative estimate of drug-likeness (QED) is 0.148. The summed E-state index contributed by atoms with van der Waals surface area (Å²) < 4.78 is 128. The minimum atomic E-state index is -5.16. The molecule has 1 aliphatic heterocycles. The summed E-state index contributed by atoms with van der Waals surface area (Å²) in [5.41, 5.74) is -1.96. The molecule has 4 aromatic carbocycles. The van der Waals surface area contributed by atoms with Crippen molar-refractivity contribution in [3.05, 3.63) is 117 Å². The number of amides is 1. The number of ketones is 1. The van der Waals surface area contributed by atoms with Gasteiger partial charge in [-0.2, -0.15) is 39.5 Å². The Kier molecular flexibility index (Phi) is 9.30. The van der Waals surface area contributed by atoms with Gasteiger partial charge in [-0.15, -0.1) is 0 Å². The fourth-order valence-corrected chi connectivity index (χ4v) is 5.98. The van der Waals surface area contributed by atoms with E-state index in [2.05, 4.69) is 0 Å². The van der Waals surface area contributed by atoms with Crippen LogP contribution in [-0.2, 0) is 29.8 Å². The number of rotatable bonds is 6. The summed E-state index contributed by atoms with van der Waals surface area (Å²) in [6, 6.07) is 12.3. The van der Waals surface area contributed by atoms with Gasteiger partial charge in [-0.05, 0) is 103 Å². The molecule has 4 aromatic rings. The zero-order valence-electron chi connectivity index (χ0n) is 25.7. The zero-order valence-corrected chi connectivity index (χ0v) is 26.5. The van der Waals surface area contributed by atoms with Gasteiger partial charge in [-0.3, -0.25) is 9.69 Å². The van der Waals surface area contributed by atoms with E-state index in [1.165, 1.54) is 26.0 Å². The van der Waals surface area contributed by atoms with E-state index in [4.69, 9.17) is 16.3 Å². The van der Waals surface area contributed by atoms with Gasteiger partial charge in [-0.1, -0.05) is 35.9 Å². The van der Waals surface area contributed by atoms with Gasteiger partial charge < -0.3 is 4.74 Å². The van der Waals surface area contributed by atoms with Crippen molar-refractivity contribution in [1.82, 2.24) is 4.90 Å². The van der Waals surface area contributed by atoms with Gasteiger partial charge in [0.05, 0.1) is 29.3 Å². The maximum absolute atomic E-state index is 13.9. The maximum atomic E-state index is 13.9. The largest absolute Gasteiger partial charge is 0.439 e. The van der Waals surface area contributed by atoms with Crippen LogP contribution in [0.15, 0.2) is 72.8 Å². The average Bonchev–Trinajstić information content (AvgIpc) is 3.28. The molecule has 1 heterocycles. The van der Waals surface area contributed by atoms with Crippen LogP contribution in [0.3, 0.4) is 0 Å². The number of Topliss-reactive ketones (excluding diaryl/α,β-unsaturated/α-hetero) is 1. The van der Waals surface area contributed by atoms with E-state index in [1.54, 1.807) is 37.3 Å². The second-order valence-corrected chi connectivity index (χ2v) is 12.1. The number of nitrogens with zero attached hydrogens (tertiary/aromatic N) is 1. The Morgan fingerprint density at radius 3 is 1.90 bits per heavy atom. The van der Waals surface area contributed by atoms with E-state index in [1.807, 2.05) is 0 Å². The van der Waals surface area contributed by atoms with Gasteiger partial charge in [0.2, 0.25) is 0 Å². The Morgan fingerprint density at radius 1 is 0.755 bits per heavy atom. The van der Waals surface area contributed by atoms with Crippen LogP contribution in [0.1, 0.15) is 63.7 Å². The summed E-state index contributed by atoms with van der Waals surface area (Å²) in [6.45, 7) is 3.93. The lowest BCUT2D eigenvalue weighted by Crippen LogP contribution is -2.32. The summed E-state index contributed by atoms with van der Waals surface area (Å²) in [7, 11) is 0. The molecule has 14 heteroatoms. The number of halogens is 10. The SMILES string of the molecule is CC(=O)c1ccc(-c2ccc(Cl)c(-c3ccc(C(F)(F)F)cc3CN3C(=O)O[C@H](c4cc(C(F)(F)F)cc(C(F)(F)F)c4)[C@@H]3C)c2)c(C)c1. The number of hydrogen-bond donors (Lipinski definition) is 0. The topological polar surface area (TPSA) is 46.6 Å². The number of carbonyl (C=O) groups excluding carboxylic acids is 2. The summed E-state index contributed by atoms with van der Waals surface area (Å²) in [5.74, 6) is -0.147. The second-order valence-electron chi connectivity index (χ2n) is 11.7. The molecule has 0 aliphatic carbocycles. The first kappa shape index (κ1) is 35.8. The normalized spacial score (nSPS) is 17.0. The van der Waals surface area contributed by atoms with Gasteiger partial charge in [0.15, 0.2) is 5.78 Å². The molecule has 2 atom stereocenters. The van der Waals surface area contributed by atoms with Crippen LogP contribution in [-0.4, -0.2) is 22.8 Å². The number of aryl methyl sites for hydroxylation is 1. The lowest BCUT2D eigenvalue weighted by atomic mass is 9.92. The Hall–Kier alpha value is -4.52. The van der Waals surface area contributed by atoms with Crippen LogP contribution in [0.2, 0.25) is 5.02 Å². The van der Waals surface area contributed by atoms with Crippen LogP contribution < -0.4 is 0 Å². The number of hydrogen-bond acceptors (Lipinski definition) is 3. The molecule has 49 heavy (non-hydrogen) atoms. The Bertz CT molecular complexity index is 1920. The van der Waals surface area contributed by atoms with E-state index in [0.717, 1.165) is 22.6 Å². The zero-order chi connectivity index (χ0) is 36.2. The van der Waals surface area contributed by atoms with Crippen molar-refractivity contribution in [2.24, 2.45) is 0 Å². The van der Waals surface area contributed by atoms with Gasteiger partial charge >= 0.3 is 24.6 Å². The van der Waals surface area contributed by atoms with Crippen molar-refractivity contribution in [3.63, 3.8) is 0 Å². The standard InChI is InChI=1S/C35H25ClF9NO3/c1-17-10-20(19(3)47)4-7-27(17)21-5-9-30(36)29(14-21)28-8-6-24(33(37,38)39)13-23(28)16-46-18(2)31(49-32(46)48)22-11-25(34(40,41)42)15-26(12-22)35(43,44)45/h4-15,18,31H,16H2,1-3H3/t18-,31-/m0/s1. The highest BCUT2D eigenvalue weighted by molar-refractivity contribution is 6.33. The molecule has 4 nitrogen and oxygen atoms in total. The molecular formula is C35H25ClF9NO3. The molecule has 0 unspecified atom stereocenters. The third-order valence-corrected chi connectivity index (χ3v) is 8.63. The minimum absolute atomic E-state index is 0.0609. The van der Waals surface area contributed by atoms with Crippen molar-refractivity contribution in [1.29, 1.82) is 0 Å². The average molecular weight is 714 g/mol. The Morgan fingerprint density at radius 2 is 1.35 bits per heavy atom. The molecule has 1 fully saturated rings. The highest BCUT2D eigenvalue weighted by atomic mass is 35.5. The van der Waals surface area contributed by atoms with E-state index in [9.17, 15) is 49.1 Å². The molecule has 258 valence electrons. The van der Waals surface area contributed by atoms with E-state index in [-0.39, 0.29) is 33.6 Å². The van der Waals surface area contributed by atoms with Crippen LogP contribution >= 0.6 is 11.6 Å². The summed E-state index contributed by atoms with van der Waals surface area (Å²) >= 11 is 6.55. The molecular weight excluding hydrogens is 689 g/mol. The van der Waals surface area contributed by atoms with E-state index < -0.39 is 65.6 Å². The van der Waals surface area contributed by atoms with E-state index in [0.29, 0.717) is 28.8 Å². The number of cyclic esters (lactones) is 1. The van der Waals surface area contributed by atoms with Crippen molar-refractivity contribution < 1.29 is 53.8 Å². The fourth-order valence-electron chi connectivity index (χ4n) is 5.76. The summed E-state index contributed by atoms with van der Waals surface area (Å²) in [4.78, 5) is 25.8. The molecule has 0 spiro atoms. The molecule has 1 saturated heterocycles. The number of alkyl halides is 9. The molecule has 0 N–H and O–H groups in total. The van der Waals surface area contributed by atoms with Gasteiger partial charge in [-0.25, -0.2) is 4.79 Å². The molecule has 1 amide bonds. The highest BCUT2D eigenvalue weighted by Crippen LogP contribution is 2.43. The molecule has 0 aromatic heterocycles. The Labute approximate surface area is 279 Å². The Balaban J connectivity index is 1.57. The summed E-state index contributed by atoms with van der Waals surface area (Å²) in [6.07, 6.45) is -17.9. The van der Waals surface area contributed by atoms with Gasteiger partial charge in [0, 0.05) is 16.1 Å². The third-order valence-electron chi connectivity index (χ3n) is 8.30. The van der Waals surface area contributed by atoms with Crippen LogP contribution in [0, 0.1) is 6.92 Å². The van der Waals surface area contributed by atoms with E-state index >= 15 is 0 Å². The first-order chi connectivity index (χ1) is 22.6. The number of benzene rings is 4. The van der Waals surface area contributed by atoms with Crippen LogP contribution in [0.5, 0.6) is 0 Å². The van der Waals surface area contributed by atoms with Crippen molar-refractivity contribution in [2.45, 2.75) is 58.0 Å². The maximum Gasteiger partial charge on any atom is 0.416 e. The highest BCUT2D eigenvalue weighted by Gasteiger charge is 2.44. The number of carbonyl (C=O) groups is 2. The van der Waals surface area contributed by atoms with Crippen molar-refractivity contribution >= 4 is 23.5 Å². The predicted molar refractivity (Wildman–Crippen MR) is 163 cm³/mol. The molecule has 0 saturated carbocycles. The first-order valence-electron chi connectivity index (χ1n) is 14.5. The molecule has 1 aliphatic rings. The lowest BCUT2D eigenvalue weighted by Gasteiger charge is -2.24. The molecule has 5 rings (SSSR count). The monoisotopic (exact) mass is 713 g/mol. The molecule has 0 bridgehead atoms. The predicted octanol–water partition coefficient (Wildman–Crippen LogP) is 11.3. The summed E-state index contributed by atoms with van der Waals surface area (Å²) in [5, 5.41) is 0.140. The molecule has 0 radical (unpaired) electrons. The third kappa shape index (κ3) is 7.41. The van der Waals surface area contributed by atoms with Gasteiger partial charge in [0.1, 0.15) is 6.10 Å². The second kappa shape index (κ2) is 12.7. The smallest absolute Gasteiger partial charge is 0.416 e. The van der Waals surface area contributed by atoms with Crippen molar-refractivity contribution in [3.8, 4) is 22.3 Å². The minimum Gasteiger partial charge on any atom is -0.439 e. The fraction of sp³-hybridized carbons (Fsp3) is 0.257. The van der Waals surface area contributed by atoms with Crippen molar-refractivity contribution in [2.75, 3.05) is 0 Å². The van der Waals surface area contributed by atoms with Crippen LogP contribution in [0.25, 0.3) is 22.3 Å². The first-order valence-corrected chi connectivity index (χ1v) is 14.9. The van der Waals surface area contributed by atoms with Crippen LogP contribution in [0.4, 0.5) is 44.3 Å².